The van der Waals surface area contributed by atoms with E-state index in [0.29, 0.717) is 23.8 Å². The highest BCUT2D eigenvalue weighted by Gasteiger charge is 2.16. The maximum atomic E-state index is 11.4. The number of H-pyrrole nitrogens is 1. The Morgan fingerprint density at radius 2 is 2.26 bits per heavy atom. The minimum absolute atomic E-state index is 0.000282. The van der Waals surface area contributed by atoms with Gasteiger partial charge in [0.15, 0.2) is 11.5 Å². The van der Waals surface area contributed by atoms with Gasteiger partial charge in [0.05, 0.1) is 25.2 Å². The Bertz CT molecular complexity index is 839. The lowest BCUT2D eigenvalue weighted by Crippen LogP contribution is -2.19. The van der Waals surface area contributed by atoms with Crippen LogP contribution < -0.4 is 4.90 Å². The number of aryl methyl sites for hydroxylation is 1. The summed E-state index contributed by atoms with van der Waals surface area (Å²) in [7, 11) is 3.21. The second-order valence-electron chi connectivity index (χ2n) is 5.01. The van der Waals surface area contributed by atoms with Gasteiger partial charge < -0.3 is 9.64 Å². The highest BCUT2D eigenvalue weighted by Crippen LogP contribution is 2.22. The Hall–Kier alpha value is -3.04. The van der Waals surface area contributed by atoms with Crippen molar-refractivity contribution in [2.45, 2.75) is 20.0 Å². The molecule has 120 valence electrons. The predicted octanol–water partition coefficient (Wildman–Crippen LogP) is 0.0622. The number of fused-ring (bicyclic) bond motifs is 1. The van der Waals surface area contributed by atoms with E-state index in [-0.39, 0.29) is 12.5 Å². The van der Waals surface area contributed by atoms with E-state index in [2.05, 4.69) is 35.0 Å². The van der Waals surface area contributed by atoms with Crippen molar-refractivity contribution in [1.82, 2.24) is 34.9 Å². The Morgan fingerprint density at radius 3 is 2.96 bits per heavy atom. The molecule has 0 amide bonds. The number of carbonyl (C=O) groups is 1. The Morgan fingerprint density at radius 1 is 1.43 bits per heavy atom. The van der Waals surface area contributed by atoms with Crippen LogP contribution >= 0.6 is 0 Å². The van der Waals surface area contributed by atoms with E-state index >= 15 is 0 Å². The Labute approximate surface area is 131 Å². The molecule has 3 aromatic rings. The van der Waals surface area contributed by atoms with Crippen LogP contribution in [0, 0.1) is 6.92 Å². The first-order chi connectivity index (χ1) is 11.1. The standard InChI is InChI=1S/C13H16N8O2/c1-8-17-10(19-18-8)5-20(2)12-9-4-16-21(6-11(22)23-3)13(9)15-7-14-12/h4,7H,5-6H2,1-3H3,(H,17,18,19). The lowest BCUT2D eigenvalue weighted by Gasteiger charge is -2.16. The normalized spacial score (nSPS) is 10.9. The summed E-state index contributed by atoms with van der Waals surface area (Å²) < 4.78 is 6.14. The van der Waals surface area contributed by atoms with E-state index in [4.69, 9.17) is 0 Å². The molecule has 0 bridgehead atoms. The van der Waals surface area contributed by atoms with Gasteiger partial charge in [0, 0.05) is 7.05 Å². The topological polar surface area (TPSA) is 115 Å². The Balaban J connectivity index is 1.90. The van der Waals surface area contributed by atoms with E-state index < -0.39 is 0 Å². The van der Waals surface area contributed by atoms with Crippen molar-refractivity contribution in [3.05, 3.63) is 24.2 Å². The molecular weight excluding hydrogens is 300 g/mol. The molecule has 10 heteroatoms. The van der Waals surface area contributed by atoms with Gasteiger partial charge >= 0.3 is 5.97 Å². The average Bonchev–Trinajstić information content (AvgIpc) is 3.13. The number of aromatic nitrogens is 7. The van der Waals surface area contributed by atoms with Crippen molar-refractivity contribution in [2.24, 2.45) is 0 Å². The third kappa shape index (κ3) is 2.96. The molecular formula is C13H16N8O2. The summed E-state index contributed by atoms with van der Waals surface area (Å²) in [5, 5.41) is 11.8. The fourth-order valence-electron chi connectivity index (χ4n) is 2.23. The number of aromatic amines is 1. The second kappa shape index (κ2) is 5.99. The molecule has 0 fully saturated rings. The van der Waals surface area contributed by atoms with Crippen LogP contribution in [0.4, 0.5) is 5.82 Å². The van der Waals surface area contributed by atoms with Crippen molar-refractivity contribution in [3.8, 4) is 0 Å². The maximum Gasteiger partial charge on any atom is 0.327 e. The summed E-state index contributed by atoms with van der Waals surface area (Å²) >= 11 is 0. The highest BCUT2D eigenvalue weighted by molar-refractivity contribution is 5.87. The summed E-state index contributed by atoms with van der Waals surface area (Å²) in [6, 6.07) is 0. The fraction of sp³-hybridized carbons (Fsp3) is 0.385. The first-order valence-electron chi connectivity index (χ1n) is 6.91. The fourth-order valence-corrected chi connectivity index (χ4v) is 2.23. The highest BCUT2D eigenvalue weighted by atomic mass is 16.5. The maximum absolute atomic E-state index is 11.4. The number of hydrogen-bond acceptors (Lipinski definition) is 8. The van der Waals surface area contributed by atoms with Gasteiger partial charge in [-0.05, 0) is 6.92 Å². The van der Waals surface area contributed by atoms with Gasteiger partial charge in [-0.3, -0.25) is 9.89 Å². The molecule has 23 heavy (non-hydrogen) atoms. The Kier molecular flexibility index (Phi) is 3.87. The molecule has 1 N–H and O–H groups in total. The first kappa shape index (κ1) is 14.9. The molecule has 10 nitrogen and oxygen atoms in total. The monoisotopic (exact) mass is 316 g/mol. The zero-order chi connectivity index (χ0) is 16.4. The molecule has 3 heterocycles. The van der Waals surface area contributed by atoms with E-state index in [1.54, 1.807) is 6.20 Å². The number of nitrogens with zero attached hydrogens (tertiary/aromatic N) is 7. The number of hydrogen-bond donors (Lipinski definition) is 1. The molecule has 0 saturated carbocycles. The number of anilines is 1. The third-order valence-corrected chi connectivity index (χ3v) is 3.30. The average molecular weight is 316 g/mol. The molecule has 0 atom stereocenters. The molecule has 0 unspecified atom stereocenters. The van der Waals surface area contributed by atoms with Gasteiger partial charge in [-0.1, -0.05) is 0 Å². The molecule has 0 aliphatic rings. The lowest BCUT2D eigenvalue weighted by molar-refractivity contribution is -0.141. The SMILES string of the molecule is COC(=O)Cn1ncc2c(N(C)Cc3n[nH]c(C)n3)ncnc21. The number of carbonyl (C=O) groups excluding carboxylic acids is 1. The molecule has 0 saturated heterocycles. The van der Waals surface area contributed by atoms with Crippen LogP contribution in [0.15, 0.2) is 12.5 Å². The van der Waals surface area contributed by atoms with Gasteiger partial charge in [0.1, 0.15) is 24.5 Å². The second-order valence-corrected chi connectivity index (χ2v) is 5.01. The molecule has 0 radical (unpaired) electrons. The van der Waals surface area contributed by atoms with E-state index in [1.165, 1.54) is 18.1 Å². The minimum Gasteiger partial charge on any atom is -0.468 e. The number of nitrogens with one attached hydrogen (secondary N) is 1. The number of ether oxygens (including phenoxy) is 1. The smallest absolute Gasteiger partial charge is 0.327 e. The van der Waals surface area contributed by atoms with E-state index in [0.717, 1.165) is 11.2 Å². The first-order valence-corrected chi connectivity index (χ1v) is 6.91. The van der Waals surface area contributed by atoms with Crippen LogP contribution in [0.5, 0.6) is 0 Å². The summed E-state index contributed by atoms with van der Waals surface area (Å²) in [6.45, 7) is 2.33. The van der Waals surface area contributed by atoms with Crippen molar-refractivity contribution >= 4 is 22.8 Å². The van der Waals surface area contributed by atoms with Gasteiger partial charge in [0.2, 0.25) is 0 Å². The molecule has 0 aliphatic heterocycles. The molecule has 0 aliphatic carbocycles. The molecule has 3 rings (SSSR count). The number of esters is 1. The van der Waals surface area contributed by atoms with E-state index in [1.807, 2.05) is 18.9 Å². The van der Waals surface area contributed by atoms with Crippen LogP contribution in [0.1, 0.15) is 11.6 Å². The van der Waals surface area contributed by atoms with E-state index in [9.17, 15) is 4.79 Å². The molecule has 0 aromatic carbocycles. The molecule has 0 spiro atoms. The molecule has 3 aromatic heterocycles. The number of rotatable bonds is 5. The minimum atomic E-state index is -0.389. The van der Waals surface area contributed by atoms with Crippen molar-refractivity contribution in [2.75, 3.05) is 19.1 Å². The number of methoxy groups -OCH3 is 1. The van der Waals surface area contributed by atoms with Gasteiger partial charge in [-0.2, -0.15) is 10.2 Å². The van der Waals surface area contributed by atoms with Crippen molar-refractivity contribution in [3.63, 3.8) is 0 Å². The van der Waals surface area contributed by atoms with Crippen LogP contribution in [-0.2, 0) is 22.6 Å². The van der Waals surface area contributed by atoms with Crippen LogP contribution in [0.3, 0.4) is 0 Å². The van der Waals surface area contributed by atoms with Gasteiger partial charge in [0.25, 0.3) is 0 Å². The van der Waals surface area contributed by atoms with Crippen LogP contribution in [0.25, 0.3) is 11.0 Å². The largest absolute Gasteiger partial charge is 0.468 e. The van der Waals surface area contributed by atoms with Crippen molar-refractivity contribution in [1.29, 1.82) is 0 Å². The zero-order valence-corrected chi connectivity index (χ0v) is 13.0. The summed E-state index contributed by atoms with van der Waals surface area (Å²) in [4.78, 5) is 26.1. The van der Waals surface area contributed by atoms with Crippen LogP contribution in [0.2, 0.25) is 0 Å². The predicted molar refractivity (Wildman–Crippen MR) is 80.6 cm³/mol. The van der Waals surface area contributed by atoms with Crippen molar-refractivity contribution < 1.29 is 9.53 Å². The summed E-state index contributed by atoms with van der Waals surface area (Å²) in [5.41, 5.74) is 0.568. The lowest BCUT2D eigenvalue weighted by atomic mass is 10.3. The third-order valence-electron chi connectivity index (χ3n) is 3.30. The van der Waals surface area contributed by atoms with Crippen LogP contribution in [-0.4, -0.2) is 55.1 Å². The van der Waals surface area contributed by atoms with Gasteiger partial charge in [-0.25, -0.2) is 19.6 Å². The van der Waals surface area contributed by atoms with Gasteiger partial charge in [-0.15, -0.1) is 0 Å². The summed E-state index contributed by atoms with van der Waals surface area (Å²) in [6.07, 6.45) is 3.07. The summed E-state index contributed by atoms with van der Waals surface area (Å²) in [5.74, 6) is 1.72. The quantitative estimate of drug-likeness (QED) is 0.657. The zero-order valence-electron chi connectivity index (χ0n) is 13.0.